The van der Waals surface area contributed by atoms with Gasteiger partial charge in [-0.3, -0.25) is 0 Å². The minimum absolute atomic E-state index is 0.0267. The Hall–Kier alpha value is -1.63. The van der Waals surface area contributed by atoms with Crippen LogP contribution in [0.2, 0.25) is 0 Å². The highest BCUT2D eigenvalue weighted by Crippen LogP contribution is 2.39. The van der Waals surface area contributed by atoms with Crippen LogP contribution in [0.5, 0.6) is 0 Å². The lowest BCUT2D eigenvalue weighted by Crippen LogP contribution is -2.56. The van der Waals surface area contributed by atoms with Gasteiger partial charge in [-0.05, 0) is 32.6 Å². The summed E-state index contributed by atoms with van der Waals surface area (Å²) in [6.45, 7) is 3.85. The Kier molecular flexibility index (Phi) is 3.99. The van der Waals surface area contributed by atoms with Crippen molar-refractivity contribution < 1.29 is 14.7 Å². The third-order valence-electron chi connectivity index (χ3n) is 3.62. The minimum Gasteiger partial charge on any atom is -0.480 e. The van der Waals surface area contributed by atoms with Gasteiger partial charge < -0.3 is 15.3 Å². The average Bonchev–Trinajstić information content (AvgIpc) is 3.14. The predicted octanol–water partition coefficient (Wildman–Crippen LogP) is 1.85. The Labute approximate surface area is 121 Å². The first-order chi connectivity index (χ1) is 9.33. The average molecular weight is 297 g/mol. The van der Waals surface area contributed by atoms with Crippen molar-refractivity contribution in [3.63, 3.8) is 0 Å². The van der Waals surface area contributed by atoms with Gasteiger partial charge >= 0.3 is 12.0 Å². The van der Waals surface area contributed by atoms with Crippen molar-refractivity contribution >= 4 is 23.3 Å². The molecule has 2 amide bonds. The Morgan fingerprint density at radius 2 is 2.25 bits per heavy atom. The number of rotatable bonds is 5. The fourth-order valence-corrected chi connectivity index (χ4v) is 2.71. The number of hydrogen-bond donors (Lipinski definition) is 2. The highest BCUT2D eigenvalue weighted by atomic mass is 32.1. The molecule has 0 aliphatic heterocycles. The first-order valence-corrected chi connectivity index (χ1v) is 7.38. The van der Waals surface area contributed by atoms with Crippen LogP contribution < -0.4 is 5.32 Å². The fourth-order valence-electron chi connectivity index (χ4n) is 2.10. The number of carbonyl (C=O) groups excluding carboxylic acids is 1. The van der Waals surface area contributed by atoms with E-state index in [-0.39, 0.29) is 11.9 Å². The van der Waals surface area contributed by atoms with Crippen LogP contribution in [0, 0.1) is 12.8 Å². The van der Waals surface area contributed by atoms with E-state index in [0.29, 0.717) is 6.54 Å². The van der Waals surface area contributed by atoms with E-state index in [1.54, 1.807) is 14.0 Å². The second kappa shape index (κ2) is 5.40. The van der Waals surface area contributed by atoms with Crippen LogP contribution in [0.15, 0.2) is 5.38 Å². The van der Waals surface area contributed by atoms with Gasteiger partial charge in [0, 0.05) is 12.4 Å². The quantitative estimate of drug-likeness (QED) is 0.869. The molecule has 2 rings (SSSR count). The van der Waals surface area contributed by atoms with Crippen LogP contribution in [-0.4, -0.2) is 39.6 Å². The summed E-state index contributed by atoms with van der Waals surface area (Å²) in [6.07, 6.45) is 1.69. The van der Waals surface area contributed by atoms with Crippen molar-refractivity contribution in [2.24, 2.45) is 5.92 Å². The second-order valence-electron chi connectivity index (χ2n) is 5.43. The molecule has 0 bridgehead atoms. The number of urea groups is 1. The van der Waals surface area contributed by atoms with Gasteiger partial charge in [0.15, 0.2) is 0 Å². The summed E-state index contributed by atoms with van der Waals surface area (Å²) < 4.78 is 0. The molecule has 1 aliphatic carbocycles. The van der Waals surface area contributed by atoms with Gasteiger partial charge in [0.2, 0.25) is 0 Å². The van der Waals surface area contributed by atoms with E-state index in [0.717, 1.165) is 23.5 Å². The lowest BCUT2D eigenvalue weighted by molar-refractivity contribution is -0.144. The van der Waals surface area contributed by atoms with Crippen LogP contribution in [0.1, 0.15) is 30.5 Å². The number of nitrogens with one attached hydrogen (secondary N) is 1. The van der Waals surface area contributed by atoms with Crippen LogP contribution in [0.4, 0.5) is 4.79 Å². The van der Waals surface area contributed by atoms with Gasteiger partial charge in [-0.15, -0.1) is 11.3 Å². The van der Waals surface area contributed by atoms with E-state index in [1.165, 1.54) is 16.2 Å². The number of aromatic nitrogens is 1. The molecule has 0 aromatic carbocycles. The molecule has 1 aromatic rings. The smallest absolute Gasteiger partial charge is 0.329 e. The summed E-state index contributed by atoms with van der Waals surface area (Å²) >= 11 is 1.53. The molecule has 1 unspecified atom stereocenters. The Bertz CT molecular complexity index is 527. The highest BCUT2D eigenvalue weighted by Gasteiger charge is 2.48. The topological polar surface area (TPSA) is 82.5 Å². The molecule has 1 atom stereocenters. The van der Waals surface area contributed by atoms with Crippen molar-refractivity contribution in [1.29, 1.82) is 0 Å². The largest absolute Gasteiger partial charge is 0.480 e. The molecule has 1 aromatic heterocycles. The summed E-state index contributed by atoms with van der Waals surface area (Å²) in [5.41, 5.74) is -0.364. The van der Waals surface area contributed by atoms with E-state index in [1.807, 2.05) is 12.3 Å². The fraction of sp³-hybridized carbons (Fsp3) is 0.615. The molecular weight excluding hydrogens is 278 g/mol. The van der Waals surface area contributed by atoms with Gasteiger partial charge in [-0.2, -0.15) is 0 Å². The maximum Gasteiger partial charge on any atom is 0.329 e. The van der Waals surface area contributed by atoms with E-state index < -0.39 is 11.5 Å². The molecule has 0 saturated heterocycles. The third-order valence-corrected chi connectivity index (χ3v) is 4.44. The molecule has 1 aliphatic rings. The SMILES string of the molecule is Cc1nc(CN(C)C(=O)NC(C)(C(=O)O)C2CC2)cs1. The number of carboxylic acids is 1. The highest BCUT2D eigenvalue weighted by molar-refractivity contribution is 7.09. The molecule has 20 heavy (non-hydrogen) atoms. The van der Waals surface area contributed by atoms with Crippen molar-refractivity contribution in [1.82, 2.24) is 15.2 Å². The molecule has 1 fully saturated rings. The van der Waals surface area contributed by atoms with Crippen LogP contribution >= 0.6 is 11.3 Å². The van der Waals surface area contributed by atoms with Gasteiger partial charge in [0.1, 0.15) is 5.54 Å². The van der Waals surface area contributed by atoms with E-state index in [2.05, 4.69) is 10.3 Å². The van der Waals surface area contributed by atoms with E-state index in [9.17, 15) is 14.7 Å². The van der Waals surface area contributed by atoms with E-state index >= 15 is 0 Å². The summed E-state index contributed by atoms with van der Waals surface area (Å²) in [6, 6.07) is -0.382. The Morgan fingerprint density at radius 1 is 1.60 bits per heavy atom. The number of thiazole rings is 1. The van der Waals surface area contributed by atoms with Crippen LogP contribution in [0.3, 0.4) is 0 Å². The number of aliphatic carboxylic acids is 1. The zero-order valence-electron chi connectivity index (χ0n) is 11.8. The lowest BCUT2D eigenvalue weighted by Gasteiger charge is -2.29. The number of aryl methyl sites for hydroxylation is 1. The first-order valence-electron chi connectivity index (χ1n) is 6.50. The second-order valence-corrected chi connectivity index (χ2v) is 6.49. The predicted molar refractivity (Wildman–Crippen MR) is 75.6 cm³/mol. The Morgan fingerprint density at radius 3 is 2.70 bits per heavy atom. The maximum atomic E-state index is 12.1. The first kappa shape index (κ1) is 14.8. The van der Waals surface area contributed by atoms with Crippen molar-refractivity contribution in [3.8, 4) is 0 Å². The summed E-state index contributed by atoms with van der Waals surface area (Å²) in [4.78, 5) is 29.3. The third kappa shape index (κ3) is 3.09. The summed E-state index contributed by atoms with van der Waals surface area (Å²) in [5, 5.41) is 14.8. The van der Waals surface area contributed by atoms with E-state index in [4.69, 9.17) is 0 Å². The van der Waals surface area contributed by atoms with Gasteiger partial charge in [-0.1, -0.05) is 0 Å². The minimum atomic E-state index is -1.18. The zero-order valence-corrected chi connectivity index (χ0v) is 12.7. The molecule has 0 radical (unpaired) electrons. The van der Waals surface area contributed by atoms with Crippen LogP contribution in [-0.2, 0) is 11.3 Å². The molecular formula is C13H19N3O3S. The molecule has 110 valence electrons. The maximum absolute atomic E-state index is 12.1. The number of hydrogen-bond acceptors (Lipinski definition) is 4. The summed E-state index contributed by atoms with van der Waals surface area (Å²) in [7, 11) is 1.64. The molecule has 1 saturated carbocycles. The molecule has 6 nitrogen and oxygen atoms in total. The molecule has 2 N–H and O–H groups in total. The van der Waals surface area contributed by atoms with Crippen molar-refractivity contribution in [2.45, 2.75) is 38.8 Å². The number of amides is 2. The van der Waals surface area contributed by atoms with Gasteiger partial charge in [0.05, 0.1) is 17.2 Å². The number of carboxylic acid groups (broad SMARTS) is 1. The van der Waals surface area contributed by atoms with Gasteiger partial charge in [0.25, 0.3) is 0 Å². The molecule has 0 spiro atoms. The Balaban J connectivity index is 1.98. The van der Waals surface area contributed by atoms with Crippen LogP contribution in [0.25, 0.3) is 0 Å². The monoisotopic (exact) mass is 297 g/mol. The van der Waals surface area contributed by atoms with Gasteiger partial charge in [-0.25, -0.2) is 14.6 Å². The zero-order chi connectivity index (χ0) is 14.9. The van der Waals surface area contributed by atoms with Crippen molar-refractivity contribution in [3.05, 3.63) is 16.1 Å². The normalized spacial score (nSPS) is 17.4. The molecule has 7 heteroatoms. The standard InChI is InChI=1S/C13H19N3O3S/c1-8-14-10(7-20-8)6-16(3)12(19)15-13(2,11(17)18)9-4-5-9/h7,9H,4-6H2,1-3H3,(H,15,19)(H,17,18). The number of carbonyl (C=O) groups is 2. The number of nitrogens with zero attached hydrogens (tertiary/aromatic N) is 2. The lowest BCUT2D eigenvalue weighted by atomic mass is 9.96. The molecule has 1 heterocycles. The summed E-state index contributed by atoms with van der Waals surface area (Å²) in [5.74, 6) is -0.954. The van der Waals surface area contributed by atoms with Crippen molar-refractivity contribution in [2.75, 3.05) is 7.05 Å².